The van der Waals surface area contributed by atoms with Crippen LogP contribution in [0.15, 0.2) is 78.9 Å². The molecule has 0 spiro atoms. The van der Waals surface area contributed by atoms with Crippen LogP contribution in [-0.4, -0.2) is 53.8 Å². The van der Waals surface area contributed by atoms with Crippen LogP contribution in [0, 0.1) is 17.7 Å². The predicted octanol–water partition coefficient (Wildman–Crippen LogP) is 3.35. The van der Waals surface area contributed by atoms with Crippen LogP contribution in [0.4, 0.5) is 15.8 Å². The third-order valence-electron chi connectivity index (χ3n) is 7.00. The Hall–Kier alpha value is -4.53. The Morgan fingerprint density at radius 2 is 1.51 bits per heavy atom. The van der Waals surface area contributed by atoms with Gasteiger partial charge in [0, 0.05) is 25.3 Å². The quantitative estimate of drug-likeness (QED) is 0.539. The molecule has 37 heavy (non-hydrogen) atoms. The van der Waals surface area contributed by atoms with Gasteiger partial charge in [0.15, 0.2) is 0 Å². The highest BCUT2D eigenvalue weighted by molar-refractivity contribution is 6.24. The lowest BCUT2D eigenvalue weighted by Crippen LogP contribution is -2.48. The molecule has 0 aliphatic carbocycles. The average Bonchev–Trinajstić information content (AvgIpc) is 3.37. The molecule has 3 amide bonds. The van der Waals surface area contributed by atoms with Crippen molar-refractivity contribution >= 4 is 35.1 Å². The lowest BCUT2D eigenvalue weighted by atomic mass is 9.86. The van der Waals surface area contributed by atoms with Crippen molar-refractivity contribution in [3.05, 3.63) is 95.8 Å². The zero-order chi connectivity index (χ0) is 26.4. The minimum absolute atomic E-state index is 0.0686. The molecule has 9 heteroatoms. The Morgan fingerprint density at radius 1 is 0.865 bits per heavy atom. The molecule has 8 nitrogen and oxygen atoms in total. The maximum atomic E-state index is 14.0. The van der Waals surface area contributed by atoms with Crippen LogP contribution in [0.5, 0.6) is 0 Å². The van der Waals surface area contributed by atoms with E-state index >= 15 is 0 Å². The zero-order valence-electron chi connectivity index (χ0n) is 20.1. The number of rotatable bonds is 5. The molecule has 2 fully saturated rings. The molecule has 2 saturated heterocycles. The Morgan fingerprint density at radius 3 is 2.11 bits per heavy atom. The smallest absolute Gasteiger partial charge is 0.327 e. The fourth-order valence-corrected chi connectivity index (χ4v) is 5.36. The van der Waals surface area contributed by atoms with E-state index < -0.39 is 53.4 Å². The standard InChI is InChI=1S/C28H24FN3O5/c1-30(2)19-13-11-16(12-14-19)23-21-22(27(35)31(26(21)34)20-9-4-3-5-10-20)24(28(36)37)32(23)25(33)17-7-6-8-18(29)15-17/h3-15,21-24H,1-2H3,(H,36,37). The number of likely N-dealkylation sites (tertiary alicyclic amines) is 1. The van der Waals surface area contributed by atoms with Gasteiger partial charge in [-0.15, -0.1) is 0 Å². The van der Waals surface area contributed by atoms with Crippen molar-refractivity contribution in [2.45, 2.75) is 12.1 Å². The van der Waals surface area contributed by atoms with E-state index in [0.717, 1.165) is 21.6 Å². The predicted molar refractivity (Wildman–Crippen MR) is 133 cm³/mol. The van der Waals surface area contributed by atoms with Gasteiger partial charge in [0.2, 0.25) is 11.8 Å². The molecule has 4 atom stereocenters. The van der Waals surface area contributed by atoms with Crippen molar-refractivity contribution in [3.8, 4) is 0 Å². The van der Waals surface area contributed by atoms with Gasteiger partial charge in [0.25, 0.3) is 5.91 Å². The van der Waals surface area contributed by atoms with Crippen LogP contribution >= 0.6 is 0 Å². The van der Waals surface area contributed by atoms with Crippen molar-refractivity contribution in [3.63, 3.8) is 0 Å². The molecule has 0 bridgehead atoms. The Labute approximate surface area is 212 Å². The van der Waals surface area contributed by atoms with Crippen LogP contribution in [0.2, 0.25) is 0 Å². The second kappa shape index (κ2) is 9.16. The number of carbonyl (C=O) groups is 4. The van der Waals surface area contributed by atoms with Crippen LogP contribution < -0.4 is 9.80 Å². The third-order valence-corrected chi connectivity index (χ3v) is 7.00. The maximum absolute atomic E-state index is 14.0. The number of nitrogens with zero attached hydrogens (tertiary/aromatic N) is 3. The van der Waals surface area contributed by atoms with Crippen LogP contribution in [0.1, 0.15) is 22.0 Å². The van der Waals surface area contributed by atoms with Gasteiger partial charge in [0.1, 0.15) is 11.9 Å². The van der Waals surface area contributed by atoms with E-state index in [0.29, 0.717) is 11.3 Å². The summed E-state index contributed by atoms with van der Waals surface area (Å²) in [5.41, 5.74) is 1.63. The van der Waals surface area contributed by atoms with Gasteiger partial charge in [-0.1, -0.05) is 36.4 Å². The summed E-state index contributed by atoms with van der Waals surface area (Å²) >= 11 is 0. The van der Waals surface area contributed by atoms with Gasteiger partial charge >= 0.3 is 5.97 Å². The van der Waals surface area contributed by atoms with Gasteiger partial charge < -0.3 is 14.9 Å². The van der Waals surface area contributed by atoms with Crippen molar-refractivity contribution < 1.29 is 28.7 Å². The van der Waals surface area contributed by atoms with Crippen molar-refractivity contribution in [1.82, 2.24) is 4.90 Å². The van der Waals surface area contributed by atoms with Crippen LogP contribution in [0.3, 0.4) is 0 Å². The summed E-state index contributed by atoms with van der Waals surface area (Å²) in [4.78, 5) is 57.7. The number of imide groups is 1. The summed E-state index contributed by atoms with van der Waals surface area (Å²) in [6, 6.07) is 17.6. The number of para-hydroxylation sites is 1. The number of hydrogen-bond acceptors (Lipinski definition) is 5. The number of anilines is 2. The maximum Gasteiger partial charge on any atom is 0.327 e. The Kier molecular flexibility index (Phi) is 5.99. The molecule has 188 valence electrons. The van der Waals surface area contributed by atoms with E-state index in [1.165, 1.54) is 18.2 Å². The molecule has 5 rings (SSSR count). The van der Waals surface area contributed by atoms with Gasteiger partial charge in [-0.05, 0) is 48.0 Å². The highest BCUT2D eigenvalue weighted by atomic mass is 19.1. The van der Waals surface area contributed by atoms with Gasteiger partial charge in [-0.25, -0.2) is 14.1 Å². The molecule has 0 aromatic heterocycles. The van der Waals surface area contributed by atoms with Crippen molar-refractivity contribution in [2.24, 2.45) is 11.8 Å². The van der Waals surface area contributed by atoms with Crippen LogP contribution in [-0.2, 0) is 14.4 Å². The third kappa shape index (κ3) is 3.92. The fourth-order valence-electron chi connectivity index (χ4n) is 5.36. The molecule has 3 aromatic rings. The number of carboxylic acids is 1. The number of carbonyl (C=O) groups excluding carboxylic acids is 3. The Balaban J connectivity index is 1.67. The molecule has 3 aromatic carbocycles. The van der Waals surface area contributed by atoms with E-state index in [1.807, 2.05) is 19.0 Å². The number of fused-ring (bicyclic) bond motifs is 1. The topological polar surface area (TPSA) is 98.2 Å². The monoisotopic (exact) mass is 501 g/mol. The Bertz CT molecular complexity index is 1390. The summed E-state index contributed by atoms with van der Waals surface area (Å²) < 4.78 is 14.0. The molecule has 0 radical (unpaired) electrons. The first-order valence-corrected chi connectivity index (χ1v) is 11.7. The van der Waals surface area contributed by atoms with Crippen molar-refractivity contribution in [2.75, 3.05) is 23.9 Å². The van der Waals surface area contributed by atoms with E-state index in [9.17, 15) is 28.7 Å². The van der Waals surface area contributed by atoms with Gasteiger partial charge in [-0.3, -0.25) is 14.4 Å². The minimum Gasteiger partial charge on any atom is -0.480 e. The molecular weight excluding hydrogens is 477 g/mol. The van der Waals surface area contributed by atoms with E-state index in [4.69, 9.17) is 0 Å². The number of benzene rings is 3. The number of carboxylic acid groups (broad SMARTS) is 1. The highest BCUT2D eigenvalue weighted by Crippen LogP contribution is 2.51. The lowest BCUT2D eigenvalue weighted by Gasteiger charge is -2.32. The highest BCUT2D eigenvalue weighted by Gasteiger charge is 2.66. The molecular formula is C28H24FN3O5. The first-order valence-electron chi connectivity index (χ1n) is 11.7. The average molecular weight is 502 g/mol. The fraction of sp³-hybridized carbons (Fsp3) is 0.214. The minimum atomic E-state index is -1.62. The van der Waals surface area contributed by atoms with E-state index in [2.05, 4.69) is 0 Å². The van der Waals surface area contributed by atoms with Crippen LogP contribution in [0.25, 0.3) is 0 Å². The molecule has 2 heterocycles. The molecule has 0 saturated carbocycles. The molecule has 2 aliphatic rings. The number of amides is 3. The summed E-state index contributed by atoms with van der Waals surface area (Å²) in [5, 5.41) is 10.3. The molecule has 2 aliphatic heterocycles. The van der Waals surface area contributed by atoms with Crippen molar-refractivity contribution in [1.29, 1.82) is 0 Å². The van der Waals surface area contributed by atoms with Gasteiger partial charge in [-0.2, -0.15) is 0 Å². The largest absolute Gasteiger partial charge is 0.480 e. The summed E-state index contributed by atoms with van der Waals surface area (Å²) in [6.07, 6.45) is 0. The normalized spacial score (nSPS) is 22.8. The number of hydrogen-bond donors (Lipinski definition) is 1. The lowest BCUT2D eigenvalue weighted by molar-refractivity contribution is -0.145. The van der Waals surface area contributed by atoms with E-state index in [1.54, 1.807) is 54.6 Å². The van der Waals surface area contributed by atoms with Gasteiger partial charge in [0.05, 0.1) is 23.6 Å². The SMILES string of the molecule is CN(C)c1ccc(C2C3C(=O)N(c4ccccc4)C(=O)C3C(C(=O)O)N2C(=O)c2cccc(F)c2)cc1. The molecule has 4 unspecified atom stereocenters. The summed E-state index contributed by atoms with van der Waals surface area (Å²) in [6.45, 7) is 0. The number of aliphatic carboxylic acids is 1. The first kappa shape index (κ1) is 24.2. The summed E-state index contributed by atoms with van der Waals surface area (Å²) in [5.74, 6) is -6.54. The number of halogens is 1. The zero-order valence-corrected chi connectivity index (χ0v) is 20.1. The summed E-state index contributed by atoms with van der Waals surface area (Å²) in [7, 11) is 3.72. The second-order valence-corrected chi connectivity index (χ2v) is 9.34. The molecule has 1 N–H and O–H groups in total. The second-order valence-electron chi connectivity index (χ2n) is 9.34. The first-order chi connectivity index (χ1) is 17.7. The van der Waals surface area contributed by atoms with E-state index in [-0.39, 0.29) is 5.56 Å².